The van der Waals surface area contributed by atoms with Crippen molar-refractivity contribution in [1.82, 2.24) is 0 Å². The molecule has 1 fully saturated rings. The minimum absolute atomic E-state index is 0.178. The molecule has 0 aromatic carbocycles. The number of hydrogen-bond donors (Lipinski definition) is 1. The first-order chi connectivity index (χ1) is 5.24. The zero-order valence-corrected chi connectivity index (χ0v) is 6.97. The number of nitrogens with two attached hydrogens (primary N) is 1. The molecular weight excluding hydrogens is 138 g/mol. The van der Waals surface area contributed by atoms with Gasteiger partial charge in [-0.15, -0.1) is 0 Å². The van der Waals surface area contributed by atoms with Crippen LogP contribution in [0.3, 0.4) is 0 Å². The van der Waals surface area contributed by atoms with Crippen molar-refractivity contribution in [3.05, 3.63) is 11.8 Å². The predicted molar refractivity (Wildman–Crippen MR) is 44.9 cm³/mol. The van der Waals surface area contributed by atoms with Crippen molar-refractivity contribution < 1.29 is 4.79 Å². The molecule has 0 heterocycles. The van der Waals surface area contributed by atoms with Gasteiger partial charge in [0.2, 0.25) is 0 Å². The number of rotatable bonds is 4. The van der Waals surface area contributed by atoms with Crippen molar-refractivity contribution in [2.45, 2.75) is 32.6 Å². The molecule has 0 radical (unpaired) electrons. The van der Waals surface area contributed by atoms with Crippen LogP contribution in [0.5, 0.6) is 0 Å². The van der Waals surface area contributed by atoms with Gasteiger partial charge < -0.3 is 5.73 Å². The first-order valence-electron chi connectivity index (χ1n) is 4.24. The van der Waals surface area contributed by atoms with E-state index in [0.717, 1.165) is 12.1 Å². The van der Waals surface area contributed by atoms with Gasteiger partial charge in [-0.25, -0.2) is 0 Å². The number of ketones is 1. The zero-order chi connectivity index (χ0) is 8.27. The smallest absolute Gasteiger partial charge is 0.157 e. The molecule has 0 aliphatic heterocycles. The van der Waals surface area contributed by atoms with Crippen molar-refractivity contribution in [1.29, 1.82) is 0 Å². The molecule has 62 valence electrons. The summed E-state index contributed by atoms with van der Waals surface area (Å²) in [5.74, 6) is 0.702. The van der Waals surface area contributed by atoms with Gasteiger partial charge in [-0.2, -0.15) is 0 Å². The molecule has 1 saturated carbocycles. The average Bonchev–Trinajstić information content (AvgIpc) is 2.67. The third-order valence-corrected chi connectivity index (χ3v) is 1.87. The van der Waals surface area contributed by atoms with Crippen LogP contribution < -0.4 is 5.73 Å². The molecule has 2 heteroatoms. The van der Waals surface area contributed by atoms with Crippen LogP contribution in [0.4, 0.5) is 0 Å². The Morgan fingerprint density at radius 2 is 2.27 bits per heavy atom. The summed E-state index contributed by atoms with van der Waals surface area (Å²) in [6.07, 6.45) is 5.49. The minimum atomic E-state index is 0.178. The normalized spacial score (nSPS) is 18.5. The Hall–Kier alpha value is -0.790. The predicted octanol–water partition coefficient (Wildman–Crippen LogP) is 1.61. The Labute approximate surface area is 67.5 Å². The largest absolute Gasteiger partial charge is 0.402 e. The molecule has 0 spiro atoms. The fraction of sp³-hybridized carbons (Fsp3) is 0.667. The van der Waals surface area contributed by atoms with Crippen molar-refractivity contribution in [3.8, 4) is 0 Å². The molecule has 0 amide bonds. The summed E-state index contributed by atoms with van der Waals surface area (Å²) in [6, 6.07) is 0. The Kier molecular flexibility index (Phi) is 2.69. The molecule has 11 heavy (non-hydrogen) atoms. The Morgan fingerprint density at radius 3 is 2.73 bits per heavy atom. The number of allylic oxidation sites excluding steroid dienone is 2. The van der Waals surface area contributed by atoms with E-state index in [2.05, 4.69) is 0 Å². The molecule has 2 N–H and O–H groups in total. The Morgan fingerprint density at radius 1 is 1.64 bits per heavy atom. The summed E-state index contributed by atoms with van der Waals surface area (Å²) in [6.45, 7) is 2.00. The van der Waals surface area contributed by atoms with E-state index in [1.807, 2.05) is 6.92 Å². The van der Waals surface area contributed by atoms with E-state index in [1.165, 1.54) is 12.8 Å². The molecule has 0 unspecified atom stereocenters. The van der Waals surface area contributed by atoms with E-state index < -0.39 is 0 Å². The highest BCUT2D eigenvalue weighted by Crippen LogP contribution is 2.33. The van der Waals surface area contributed by atoms with E-state index in [-0.39, 0.29) is 5.78 Å². The van der Waals surface area contributed by atoms with Crippen LogP contribution in [0.15, 0.2) is 11.8 Å². The lowest BCUT2D eigenvalue weighted by Gasteiger charge is -1.95. The number of carbonyl (C=O) groups is 1. The van der Waals surface area contributed by atoms with Crippen LogP contribution in [0, 0.1) is 5.92 Å². The van der Waals surface area contributed by atoms with E-state index >= 15 is 0 Å². The maximum absolute atomic E-state index is 11.0. The Balaban J connectivity index is 2.35. The molecule has 0 bridgehead atoms. The van der Waals surface area contributed by atoms with Crippen LogP contribution in [0.1, 0.15) is 32.6 Å². The van der Waals surface area contributed by atoms with Crippen LogP contribution in [-0.4, -0.2) is 5.78 Å². The van der Waals surface area contributed by atoms with Gasteiger partial charge in [0.05, 0.1) is 0 Å². The van der Waals surface area contributed by atoms with Gasteiger partial charge in [0.25, 0.3) is 0 Å². The van der Waals surface area contributed by atoms with Crippen molar-refractivity contribution in [2.75, 3.05) is 0 Å². The van der Waals surface area contributed by atoms with Gasteiger partial charge >= 0.3 is 0 Å². The molecule has 1 rings (SSSR count). The summed E-state index contributed by atoms with van der Waals surface area (Å²) >= 11 is 0. The molecule has 0 saturated heterocycles. The van der Waals surface area contributed by atoms with Crippen LogP contribution in [-0.2, 0) is 4.79 Å². The van der Waals surface area contributed by atoms with Crippen LogP contribution in [0.2, 0.25) is 0 Å². The lowest BCUT2D eigenvalue weighted by Crippen LogP contribution is -2.03. The molecule has 2 nitrogen and oxygen atoms in total. The van der Waals surface area contributed by atoms with E-state index in [4.69, 9.17) is 5.73 Å². The second-order valence-electron chi connectivity index (χ2n) is 3.13. The maximum Gasteiger partial charge on any atom is 0.157 e. The standard InChI is InChI=1S/C9H15NO/c1-2-3-8(11)6-9(10)7-4-5-7/h6-7H,2-5,10H2,1H3/b9-6+. The fourth-order valence-corrected chi connectivity index (χ4v) is 1.04. The highest BCUT2D eigenvalue weighted by atomic mass is 16.1. The summed E-state index contributed by atoms with van der Waals surface area (Å²) in [7, 11) is 0. The van der Waals surface area contributed by atoms with Gasteiger partial charge in [0.15, 0.2) is 5.78 Å². The van der Waals surface area contributed by atoms with E-state index in [9.17, 15) is 4.79 Å². The highest BCUT2D eigenvalue weighted by molar-refractivity contribution is 5.90. The fourth-order valence-electron chi connectivity index (χ4n) is 1.04. The lowest BCUT2D eigenvalue weighted by atomic mass is 10.2. The van der Waals surface area contributed by atoms with Gasteiger partial charge in [-0.1, -0.05) is 6.92 Å². The highest BCUT2D eigenvalue weighted by Gasteiger charge is 2.24. The monoisotopic (exact) mass is 153 g/mol. The summed E-state index contributed by atoms with van der Waals surface area (Å²) in [5, 5.41) is 0. The third kappa shape index (κ3) is 2.74. The van der Waals surface area contributed by atoms with Crippen LogP contribution >= 0.6 is 0 Å². The van der Waals surface area contributed by atoms with Crippen LogP contribution in [0.25, 0.3) is 0 Å². The molecule has 0 aromatic heterocycles. The molecule has 0 aromatic rings. The van der Waals surface area contributed by atoms with Crippen molar-refractivity contribution in [2.24, 2.45) is 11.7 Å². The number of carbonyl (C=O) groups excluding carboxylic acids is 1. The first kappa shape index (κ1) is 8.31. The van der Waals surface area contributed by atoms with Gasteiger partial charge in [0.1, 0.15) is 0 Å². The van der Waals surface area contributed by atoms with Crippen molar-refractivity contribution >= 4 is 5.78 Å². The first-order valence-corrected chi connectivity index (χ1v) is 4.24. The minimum Gasteiger partial charge on any atom is -0.402 e. The van der Waals surface area contributed by atoms with Gasteiger partial charge in [0, 0.05) is 18.2 Å². The molecule has 1 aliphatic carbocycles. The second-order valence-corrected chi connectivity index (χ2v) is 3.13. The Bertz CT molecular complexity index is 180. The van der Waals surface area contributed by atoms with Crippen molar-refractivity contribution in [3.63, 3.8) is 0 Å². The summed E-state index contributed by atoms with van der Waals surface area (Å²) in [5.41, 5.74) is 6.45. The van der Waals surface area contributed by atoms with E-state index in [1.54, 1.807) is 6.08 Å². The average molecular weight is 153 g/mol. The van der Waals surface area contributed by atoms with Gasteiger partial charge in [-0.3, -0.25) is 4.79 Å². The lowest BCUT2D eigenvalue weighted by molar-refractivity contribution is -0.114. The topological polar surface area (TPSA) is 43.1 Å². The molecule has 1 aliphatic rings. The SMILES string of the molecule is CCCC(=O)/C=C(/N)C1CC1. The summed E-state index contributed by atoms with van der Waals surface area (Å²) < 4.78 is 0. The van der Waals surface area contributed by atoms with Gasteiger partial charge in [-0.05, 0) is 25.2 Å². The third-order valence-electron chi connectivity index (χ3n) is 1.87. The molecule has 0 atom stereocenters. The quantitative estimate of drug-likeness (QED) is 0.623. The number of hydrogen-bond acceptors (Lipinski definition) is 2. The second kappa shape index (κ2) is 3.56. The maximum atomic E-state index is 11.0. The zero-order valence-electron chi connectivity index (χ0n) is 6.97. The molecular formula is C9H15NO. The van der Waals surface area contributed by atoms with E-state index in [0.29, 0.717) is 12.3 Å². The summed E-state index contributed by atoms with van der Waals surface area (Å²) in [4.78, 5) is 11.0.